The number of anilines is 2. The van der Waals surface area contributed by atoms with Gasteiger partial charge in [0.2, 0.25) is 0 Å². The van der Waals surface area contributed by atoms with E-state index >= 15 is 4.39 Å². The van der Waals surface area contributed by atoms with Gasteiger partial charge < -0.3 is 20.7 Å². The summed E-state index contributed by atoms with van der Waals surface area (Å²) in [7, 11) is 0. The van der Waals surface area contributed by atoms with Gasteiger partial charge in [-0.25, -0.2) is 23.1 Å². The van der Waals surface area contributed by atoms with Crippen LogP contribution in [0.2, 0.25) is 0 Å². The second-order valence-electron chi connectivity index (χ2n) is 13.1. The summed E-state index contributed by atoms with van der Waals surface area (Å²) in [6.07, 6.45) is 5.14. The van der Waals surface area contributed by atoms with Crippen molar-refractivity contribution in [3.63, 3.8) is 0 Å². The van der Waals surface area contributed by atoms with Crippen LogP contribution in [0.4, 0.5) is 24.1 Å². The zero-order valence-electron chi connectivity index (χ0n) is 24.2. The molecular formula is C31H33F3N8OS. The van der Waals surface area contributed by atoms with Crippen molar-refractivity contribution in [2.45, 2.75) is 74.7 Å². The zero-order chi connectivity index (χ0) is 29.7. The minimum Gasteiger partial charge on any atom is -0.461 e. The summed E-state index contributed by atoms with van der Waals surface area (Å²) < 4.78 is 53.0. The standard InChI is InChI=1S/C31H33F3N8OS/c32-16-10-31(8-1-9-41(31)13-16)14-43-30-39-25-22(34)21(19-6-7-20(33)27-24(19)38-29(35)44-27)23(15-2-3-15)37-26(25)28(40-30)42-17-4-5-18(42)12-36-11-17/h6-7,15-18,36H,1-5,8-14H2,(H2,35,38)/t16-,17?,18?,31+/m1/s1. The third-order valence-corrected chi connectivity index (χ3v) is 11.3. The molecule has 4 aliphatic heterocycles. The predicted molar refractivity (Wildman–Crippen MR) is 163 cm³/mol. The quantitative estimate of drug-likeness (QED) is 0.310. The Balaban J connectivity index is 1.23. The smallest absolute Gasteiger partial charge is 0.319 e. The van der Waals surface area contributed by atoms with Crippen LogP contribution in [-0.4, -0.2) is 81.4 Å². The molecule has 0 radical (unpaired) electrons. The number of hydrogen-bond acceptors (Lipinski definition) is 10. The van der Waals surface area contributed by atoms with Crippen molar-refractivity contribution < 1.29 is 17.9 Å². The number of nitrogens with two attached hydrogens (primary N) is 1. The highest BCUT2D eigenvalue weighted by molar-refractivity contribution is 7.22. The van der Waals surface area contributed by atoms with Gasteiger partial charge in [0.1, 0.15) is 29.6 Å². The van der Waals surface area contributed by atoms with E-state index in [1.807, 2.05) is 0 Å². The van der Waals surface area contributed by atoms with E-state index in [2.05, 4.69) is 25.1 Å². The van der Waals surface area contributed by atoms with Gasteiger partial charge in [-0.1, -0.05) is 11.3 Å². The molecule has 4 saturated heterocycles. The highest BCUT2D eigenvalue weighted by atomic mass is 32.1. The first-order valence-corrected chi connectivity index (χ1v) is 16.5. The summed E-state index contributed by atoms with van der Waals surface area (Å²) in [5.74, 6) is -0.328. The maximum Gasteiger partial charge on any atom is 0.319 e. The molecule has 4 atom stereocenters. The van der Waals surface area contributed by atoms with E-state index in [-0.39, 0.29) is 51.5 Å². The molecule has 5 aliphatic rings. The Bertz CT molecular complexity index is 1800. The number of aromatic nitrogens is 4. The van der Waals surface area contributed by atoms with Crippen LogP contribution in [0.15, 0.2) is 12.1 Å². The van der Waals surface area contributed by atoms with Crippen LogP contribution in [0, 0.1) is 11.6 Å². The van der Waals surface area contributed by atoms with Gasteiger partial charge in [-0.05, 0) is 57.2 Å². The van der Waals surface area contributed by atoms with Crippen molar-refractivity contribution in [1.82, 2.24) is 30.2 Å². The normalized spacial score (nSPS) is 28.4. The first kappa shape index (κ1) is 27.1. The topological polar surface area (TPSA) is 105 Å². The number of piperazine rings is 1. The van der Waals surface area contributed by atoms with E-state index in [1.54, 1.807) is 6.07 Å². The first-order chi connectivity index (χ1) is 21.4. The summed E-state index contributed by atoms with van der Waals surface area (Å²) in [6.45, 7) is 3.12. The molecule has 9 rings (SSSR count). The number of fused-ring (bicyclic) bond motifs is 5. The van der Waals surface area contributed by atoms with Crippen molar-refractivity contribution >= 4 is 43.5 Å². The van der Waals surface area contributed by atoms with E-state index in [0.717, 1.165) is 69.5 Å². The Morgan fingerprint density at radius 3 is 2.64 bits per heavy atom. The number of rotatable bonds is 6. The van der Waals surface area contributed by atoms with Crippen LogP contribution in [-0.2, 0) is 0 Å². The predicted octanol–water partition coefficient (Wildman–Crippen LogP) is 4.94. The molecule has 1 saturated carbocycles. The minimum atomic E-state index is -0.888. The van der Waals surface area contributed by atoms with E-state index in [0.29, 0.717) is 41.1 Å². The van der Waals surface area contributed by atoms with Gasteiger partial charge in [-0.15, -0.1) is 0 Å². The van der Waals surface area contributed by atoms with Gasteiger partial charge in [-0.3, -0.25) is 4.90 Å². The van der Waals surface area contributed by atoms with Crippen molar-refractivity contribution in [1.29, 1.82) is 0 Å². The molecule has 7 heterocycles. The van der Waals surface area contributed by atoms with Crippen molar-refractivity contribution in [3.05, 3.63) is 29.5 Å². The van der Waals surface area contributed by atoms with Gasteiger partial charge in [0, 0.05) is 55.2 Å². The Morgan fingerprint density at radius 1 is 1.02 bits per heavy atom. The summed E-state index contributed by atoms with van der Waals surface area (Å²) >= 11 is 1.04. The number of nitrogens with zero attached hydrogens (tertiary/aromatic N) is 6. The second kappa shape index (κ2) is 9.85. The van der Waals surface area contributed by atoms with Crippen molar-refractivity contribution in [2.24, 2.45) is 0 Å². The van der Waals surface area contributed by atoms with Gasteiger partial charge >= 0.3 is 6.01 Å². The number of ether oxygens (including phenoxy) is 1. The van der Waals surface area contributed by atoms with E-state index in [1.165, 1.54) is 6.07 Å². The fraction of sp³-hybridized carbons (Fsp3) is 0.548. The van der Waals surface area contributed by atoms with Gasteiger partial charge in [-0.2, -0.15) is 9.97 Å². The molecule has 0 spiro atoms. The first-order valence-electron chi connectivity index (χ1n) is 15.7. The number of benzene rings is 1. The fourth-order valence-electron chi connectivity index (χ4n) is 8.21. The van der Waals surface area contributed by atoms with Crippen molar-refractivity contribution in [3.8, 4) is 17.1 Å². The molecular weight excluding hydrogens is 589 g/mol. The van der Waals surface area contributed by atoms with Gasteiger partial charge in [0.15, 0.2) is 16.8 Å². The minimum absolute atomic E-state index is 0.0681. The lowest BCUT2D eigenvalue weighted by Crippen LogP contribution is -2.52. The number of hydrogen-bond donors (Lipinski definition) is 2. The molecule has 44 heavy (non-hydrogen) atoms. The largest absolute Gasteiger partial charge is 0.461 e. The number of halogens is 3. The van der Waals surface area contributed by atoms with Gasteiger partial charge in [0.05, 0.1) is 21.4 Å². The van der Waals surface area contributed by atoms with Crippen LogP contribution >= 0.6 is 11.3 Å². The molecule has 230 valence electrons. The molecule has 3 N–H and O–H groups in total. The Hall–Kier alpha value is -3.29. The third-order valence-electron chi connectivity index (χ3n) is 10.4. The van der Waals surface area contributed by atoms with Crippen LogP contribution < -0.4 is 20.7 Å². The second-order valence-corrected chi connectivity index (χ2v) is 14.2. The molecule has 2 bridgehead atoms. The molecule has 3 aromatic heterocycles. The maximum atomic E-state index is 17.2. The number of nitrogen functional groups attached to an aromatic ring is 1. The lowest BCUT2D eigenvalue weighted by molar-refractivity contribution is 0.107. The zero-order valence-corrected chi connectivity index (χ0v) is 25.0. The molecule has 0 amide bonds. The lowest BCUT2D eigenvalue weighted by Gasteiger charge is -2.37. The Morgan fingerprint density at radius 2 is 1.84 bits per heavy atom. The number of alkyl halides is 1. The van der Waals surface area contributed by atoms with E-state index in [9.17, 15) is 8.78 Å². The summed E-state index contributed by atoms with van der Waals surface area (Å²) in [6, 6.07) is 3.37. The number of pyridine rings is 1. The SMILES string of the molecule is Nc1nc2c(-c3c(C4CC4)nc4c(N5C6CCC5CNC6)nc(OC[C@@]56CCCN5C[C@H](F)C6)nc4c3F)ccc(F)c2s1. The third kappa shape index (κ3) is 4.11. The highest BCUT2D eigenvalue weighted by Gasteiger charge is 2.49. The van der Waals surface area contributed by atoms with Crippen LogP contribution in [0.3, 0.4) is 0 Å². The van der Waals surface area contributed by atoms with Crippen LogP contribution in [0.25, 0.3) is 32.4 Å². The molecule has 1 aliphatic carbocycles. The van der Waals surface area contributed by atoms with Crippen LogP contribution in [0.5, 0.6) is 6.01 Å². The average molecular weight is 623 g/mol. The number of thiazole rings is 1. The molecule has 13 heteroatoms. The lowest BCUT2D eigenvalue weighted by atomic mass is 9.95. The van der Waals surface area contributed by atoms with E-state index < -0.39 is 23.3 Å². The summed E-state index contributed by atoms with van der Waals surface area (Å²) in [4.78, 5) is 23.6. The van der Waals surface area contributed by atoms with Crippen molar-refractivity contribution in [2.75, 3.05) is 43.4 Å². The molecule has 1 aromatic carbocycles. The summed E-state index contributed by atoms with van der Waals surface area (Å²) in [5.41, 5.74) is 7.76. The Labute approximate surface area is 256 Å². The van der Waals surface area contributed by atoms with E-state index in [4.69, 9.17) is 20.4 Å². The molecule has 5 fully saturated rings. The highest BCUT2D eigenvalue weighted by Crippen LogP contribution is 2.49. The van der Waals surface area contributed by atoms with Crippen LogP contribution in [0.1, 0.15) is 56.6 Å². The number of nitrogens with one attached hydrogen (secondary N) is 1. The maximum absolute atomic E-state index is 17.2. The summed E-state index contributed by atoms with van der Waals surface area (Å²) in [5, 5.41) is 3.72. The molecule has 9 nitrogen and oxygen atoms in total. The average Bonchev–Trinajstić information content (AvgIpc) is 3.46. The fourth-order valence-corrected chi connectivity index (χ4v) is 8.97. The Kier molecular flexibility index (Phi) is 6.06. The monoisotopic (exact) mass is 622 g/mol. The molecule has 2 unspecified atom stereocenters. The van der Waals surface area contributed by atoms with Gasteiger partial charge in [0.25, 0.3) is 0 Å². The molecule has 4 aromatic rings.